The van der Waals surface area contributed by atoms with Gasteiger partial charge < -0.3 is 10.6 Å². The molecule has 0 saturated heterocycles. The number of aryl methyl sites for hydroxylation is 1. The molecule has 1 rings (SSSR count). The zero-order chi connectivity index (χ0) is 15.2. The average Bonchev–Trinajstić information content (AvgIpc) is 2.36. The van der Waals surface area contributed by atoms with Crippen molar-refractivity contribution in [1.29, 1.82) is 0 Å². The zero-order valence-corrected chi connectivity index (χ0v) is 14.1. The van der Waals surface area contributed by atoms with Gasteiger partial charge in [0.2, 0.25) is 0 Å². The summed E-state index contributed by atoms with van der Waals surface area (Å²) < 4.78 is 49.3. The van der Waals surface area contributed by atoms with Crippen molar-refractivity contribution in [2.24, 2.45) is 4.99 Å². The lowest BCUT2D eigenvalue weighted by Crippen LogP contribution is -2.38. The molecule has 3 nitrogen and oxygen atoms in total. The van der Waals surface area contributed by atoms with E-state index >= 15 is 0 Å². The highest BCUT2D eigenvalue weighted by Gasteiger charge is 2.26. The summed E-state index contributed by atoms with van der Waals surface area (Å²) in [5, 5.41) is 5.37. The van der Waals surface area contributed by atoms with Crippen molar-refractivity contribution in [3.8, 4) is 0 Å². The molecule has 0 unspecified atom stereocenters. The highest BCUT2D eigenvalue weighted by Crippen LogP contribution is 2.18. The fourth-order valence-corrected chi connectivity index (χ4v) is 1.48. The Morgan fingerprint density at radius 2 is 1.90 bits per heavy atom. The summed E-state index contributed by atoms with van der Waals surface area (Å²) in [4.78, 5) is 3.80. The predicted octanol–water partition coefficient (Wildman–Crippen LogP) is 3.37. The molecule has 0 bridgehead atoms. The first-order valence-electron chi connectivity index (χ1n) is 6.08. The fourth-order valence-electron chi connectivity index (χ4n) is 1.48. The van der Waals surface area contributed by atoms with Crippen molar-refractivity contribution in [3.05, 3.63) is 35.1 Å². The van der Waals surface area contributed by atoms with Crippen LogP contribution < -0.4 is 10.6 Å². The van der Waals surface area contributed by atoms with Crippen LogP contribution in [-0.4, -0.2) is 25.7 Å². The maximum absolute atomic E-state index is 13.3. The first kappa shape index (κ1) is 19.9. The van der Waals surface area contributed by atoms with E-state index in [1.54, 1.807) is 19.1 Å². The minimum atomic E-state index is -4.20. The van der Waals surface area contributed by atoms with Crippen LogP contribution in [0.3, 0.4) is 0 Å². The monoisotopic (exact) mass is 419 g/mol. The first-order valence-corrected chi connectivity index (χ1v) is 6.08. The van der Waals surface area contributed by atoms with Crippen LogP contribution in [0.25, 0.3) is 0 Å². The molecule has 2 N–H and O–H groups in total. The standard InChI is InChI=1S/C13H17F4N3.HI/c1-9-3-4-10(7-11(9)14)8-20-12(18-2)19-6-5-13(15,16)17;/h3-4,7H,5-6,8H2,1-2H3,(H2,18,19,20);1H. The molecule has 0 saturated carbocycles. The van der Waals surface area contributed by atoms with E-state index in [4.69, 9.17) is 0 Å². The van der Waals surface area contributed by atoms with Crippen molar-refractivity contribution in [1.82, 2.24) is 10.6 Å². The summed E-state index contributed by atoms with van der Waals surface area (Å²) >= 11 is 0. The van der Waals surface area contributed by atoms with Gasteiger partial charge in [0.25, 0.3) is 0 Å². The smallest absolute Gasteiger partial charge is 0.356 e. The molecule has 0 radical (unpaired) electrons. The predicted molar refractivity (Wildman–Crippen MR) is 85.4 cm³/mol. The third kappa shape index (κ3) is 8.08. The second-order valence-corrected chi connectivity index (χ2v) is 4.30. The largest absolute Gasteiger partial charge is 0.390 e. The van der Waals surface area contributed by atoms with E-state index in [-0.39, 0.29) is 48.8 Å². The number of halogens is 5. The number of benzene rings is 1. The molecule has 0 aromatic heterocycles. The number of nitrogens with zero attached hydrogens (tertiary/aromatic N) is 1. The molecule has 8 heteroatoms. The topological polar surface area (TPSA) is 36.4 Å². The van der Waals surface area contributed by atoms with Crippen LogP contribution in [0.5, 0.6) is 0 Å². The number of guanidine groups is 1. The summed E-state index contributed by atoms with van der Waals surface area (Å²) in [5.41, 5.74) is 1.23. The summed E-state index contributed by atoms with van der Waals surface area (Å²) in [6, 6.07) is 4.77. The zero-order valence-electron chi connectivity index (χ0n) is 11.7. The Labute approximate surface area is 138 Å². The van der Waals surface area contributed by atoms with Gasteiger partial charge in [-0.3, -0.25) is 4.99 Å². The van der Waals surface area contributed by atoms with Gasteiger partial charge in [0.1, 0.15) is 5.82 Å². The lowest BCUT2D eigenvalue weighted by atomic mass is 10.1. The third-order valence-corrected chi connectivity index (χ3v) is 2.62. The lowest BCUT2D eigenvalue weighted by Gasteiger charge is -2.13. The molecule has 1 aromatic rings. The van der Waals surface area contributed by atoms with Crippen LogP contribution in [0.15, 0.2) is 23.2 Å². The average molecular weight is 419 g/mol. The second kappa shape index (κ2) is 9.06. The van der Waals surface area contributed by atoms with E-state index in [2.05, 4.69) is 15.6 Å². The van der Waals surface area contributed by atoms with Crippen LogP contribution in [0.1, 0.15) is 17.5 Å². The van der Waals surface area contributed by atoms with E-state index in [9.17, 15) is 17.6 Å². The first-order chi connectivity index (χ1) is 9.31. The molecule has 0 amide bonds. The van der Waals surface area contributed by atoms with Gasteiger partial charge in [0, 0.05) is 20.1 Å². The van der Waals surface area contributed by atoms with Crippen molar-refractivity contribution >= 4 is 29.9 Å². The van der Waals surface area contributed by atoms with Crippen molar-refractivity contribution in [2.45, 2.75) is 26.1 Å². The number of hydrogen-bond donors (Lipinski definition) is 2. The Hall–Kier alpha value is -1.06. The molecule has 120 valence electrons. The summed E-state index contributed by atoms with van der Waals surface area (Å²) in [6.45, 7) is 1.68. The molecule has 21 heavy (non-hydrogen) atoms. The van der Waals surface area contributed by atoms with E-state index in [1.165, 1.54) is 13.1 Å². The van der Waals surface area contributed by atoms with Gasteiger partial charge in [-0.2, -0.15) is 13.2 Å². The van der Waals surface area contributed by atoms with Gasteiger partial charge in [0.15, 0.2) is 5.96 Å². The highest BCUT2D eigenvalue weighted by atomic mass is 127. The number of aliphatic imine (C=N–C) groups is 1. The summed E-state index contributed by atoms with van der Waals surface area (Å²) in [5.74, 6) is -0.0699. The number of nitrogens with one attached hydrogen (secondary N) is 2. The SMILES string of the molecule is CN=C(NCCC(F)(F)F)NCc1ccc(C)c(F)c1.I. The Balaban J connectivity index is 0.00000400. The molecule has 0 aliphatic heterocycles. The van der Waals surface area contributed by atoms with Crippen LogP contribution in [0, 0.1) is 12.7 Å². The molecule has 1 aromatic carbocycles. The molecule has 0 fully saturated rings. The molecule has 0 aliphatic carbocycles. The van der Waals surface area contributed by atoms with Gasteiger partial charge in [-0.05, 0) is 24.1 Å². The number of rotatable bonds is 4. The molecule has 0 heterocycles. The maximum Gasteiger partial charge on any atom is 0.390 e. The van der Waals surface area contributed by atoms with Crippen molar-refractivity contribution in [3.63, 3.8) is 0 Å². The Morgan fingerprint density at radius 3 is 2.43 bits per heavy atom. The quantitative estimate of drug-likeness (QED) is 0.340. The second-order valence-electron chi connectivity index (χ2n) is 4.30. The molecule has 0 spiro atoms. The molecular formula is C13H18F4IN3. The van der Waals surface area contributed by atoms with E-state index in [0.29, 0.717) is 11.1 Å². The van der Waals surface area contributed by atoms with Gasteiger partial charge >= 0.3 is 6.18 Å². The number of hydrogen-bond acceptors (Lipinski definition) is 1. The van der Waals surface area contributed by atoms with Gasteiger partial charge in [-0.25, -0.2) is 4.39 Å². The van der Waals surface area contributed by atoms with Crippen LogP contribution >= 0.6 is 24.0 Å². The molecular weight excluding hydrogens is 401 g/mol. The normalized spacial score (nSPS) is 11.8. The molecule has 0 atom stereocenters. The van der Waals surface area contributed by atoms with E-state index < -0.39 is 12.6 Å². The third-order valence-electron chi connectivity index (χ3n) is 2.62. The summed E-state index contributed by atoms with van der Waals surface area (Å²) in [7, 11) is 1.46. The van der Waals surface area contributed by atoms with Crippen LogP contribution in [0.4, 0.5) is 17.6 Å². The van der Waals surface area contributed by atoms with Crippen LogP contribution in [0.2, 0.25) is 0 Å². The van der Waals surface area contributed by atoms with E-state index in [1.807, 2.05) is 0 Å². The Kier molecular flexibility index (Phi) is 8.60. The highest BCUT2D eigenvalue weighted by molar-refractivity contribution is 14.0. The number of alkyl halides is 3. The minimum absolute atomic E-state index is 0. The van der Waals surface area contributed by atoms with E-state index in [0.717, 1.165) is 0 Å². The maximum atomic E-state index is 13.3. The summed E-state index contributed by atoms with van der Waals surface area (Å²) in [6.07, 6.45) is -5.14. The van der Waals surface area contributed by atoms with Gasteiger partial charge in [-0.15, -0.1) is 24.0 Å². The van der Waals surface area contributed by atoms with Crippen molar-refractivity contribution < 1.29 is 17.6 Å². The fraction of sp³-hybridized carbons (Fsp3) is 0.462. The Bertz CT molecular complexity index is 475. The van der Waals surface area contributed by atoms with Gasteiger partial charge in [0.05, 0.1) is 6.42 Å². The van der Waals surface area contributed by atoms with Crippen molar-refractivity contribution in [2.75, 3.05) is 13.6 Å². The molecule has 0 aliphatic rings. The van der Waals surface area contributed by atoms with Gasteiger partial charge in [-0.1, -0.05) is 12.1 Å². The minimum Gasteiger partial charge on any atom is -0.356 e. The Morgan fingerprint density at radius 1 is 1.24 bits per heavy atom. The van der Waals surface area contributed by atoms with Crippen LogP contribution in [-0.2, 0) is 6.54 Å². The lowest BCUT2D eigenvalue weighted by molar-refractivity contribution is -0.132.